The van der Waals surface area contributed by atoms with E-state index in [-0.39, 0.29) is 11.5 Å². The van der Waals surface area contributed by atoms with Crippen LogP contribution in [0, 0.1) is 23.6 Å². The van der Waals surface area contributed by atoms with Gasteiger partial charge < -0.3 is 14.9 Å². The van der Waals surface area contributed by atoms with E-state index in [0.717, 1.165) is 25.7 Å². The third-order valence-corrected chi connectivity index (χ3v) is 4.14. The molecule has 0 saturated heterocycles. The highest BCUT2D eigenvalue weighted by atomic mass is 19.1. The summed E-state index contributed by atoms with van der Waals surface area (Å²) in [4.78, 5) is 0. The molecule has 1 aliphatic rings. The number of ether oxygens (including phenoxy) is 1. The van der Waals surface area contributed by atoms with Crippen LogP contribution in [0.2, 0.25) is 0 Å². The molecule has 1 fully saturated rings. The Morgan fingerprint density at radius 3 is 2.62 bits per heavy atom. The summed E-state index contributed by atoms with van der Waals surface area (Å²) >= 11 is 0. The van der Waals surface area contributed by atoms with Crippen LogP contribution >= 0.6 is 0 Å². The Morgan fingerprint density at radius 1 is 1.38 bits per heavy atom. The summed E-state index contributed by atoms with van der Waals surface area (Å²) < 4.78 is 18.9. The van der Waals surface area contributed by atoms with Gasteiger partial charge in [-0.05, 0) is 37.8 Å². The summed E-state index contributed by atoms with van der Waals surface area (Å²) in [5.74, 6) is 5.72. The molecule has 2 N–H and O–H groups in total. The van der Waals surface area contributed by atoms with Gasteiger partial charge in [-0.2, -0.15) is 0 Å². The molecule has 21 heavy (non-hydrogen) atoms. The lowest BCUT2D eigenvalue weighted by Gasteiger charge is -2.23. The third kappa shape index (κ3) is 3.55. The molecule has 3 nitrogen and oxygen atoms in total. The minimum atomic E-state index is -1.08. The van der Waals surface area contributed by atoms with Crippen molar-refractivity contribution >= 4 is 0 Å². The Hall–Kier alpha value is -1.57. The molecule has 0 aromatic heterocycles. The summed E-state index contributed by atoms with van der Waals surface area (Å²) in [5, 5.41) is 19.5. The molecule has 4 heteroatoms. The van der Waals surface area contributed by atoms with Crippen LogP contribution in [0.25, 0.3) is 0 Å². The zero-order chi connectivity index (χ0) is 15.5. The van der Waals surface area contributed by atoms with Gasteiger partial charge in [0, 0.05) is 5.56 Å². The first-order valence-corrected chi connectivity index (χ1v) is 7.20. The van der Waals surface area contributed by atoms with E-state index >= 15 is 0 Å². The predicted octanol–water partition coefficient (Wildman–Crippen LogP) is 2.62. The van der Waals surface area contributed by atoms with Gasteiger partial charge in [0.25, 0.3) is 0 Å². The number of hydrogen-bond donors (Lipinski definition) is 2. The van der Waals surface area contributed by atoms with Crippen molar-refractivity contribution in [3.8, 4) is 17.6 Å². The molecular formula is C17H21FO3. The van der Waals surface area contributed by atoms with E-state index in [1.807, 2.05) is 0 Å². The fraction of sp³-hybridized carbons (Fsp3) is 0.529. The molecule has 1 aromatic carbocycles. The van der Waals surface area contributed by atoms with E-state index in [1.165, 1.54) is 19.2 Å². The standard InChI is InChI=1S/C17H21FO3/c1-17(20,14-5-3-4-6-14)8-7-12-9-15(18)13(11-19)10-16(12)21-2/h9-10,14,19-20H,3-6,11H2,1-2H3. The van der Waals surface area contributed by atoms with Crippen LogP contribution in [-0.2, 0) is 6.61 Å². The van der Waals surface area contributed by atoms with Gasteiger partial charge >= 0.3 is 0 Å². The van der Waals surface area contributed by atoms with E-state index in [0.29, 0.717) is 11.3 Å². The maximum atomic E-state index is 13.7. The maximum Gasteiger partial charge on any atom is 0.135 e. The topological polar surface area (TPSA) is 49.7 Å². The molecule has 114 valence electrons. The van der Waals surface area contributed by atoms with Crippen molar-refractivity contribution in [2.45, 2.75) is 44.8 Å². The number of aliphatic hydroxyl groups excluding tert-OH is 1. The van der Waals surface area contributed by atoms with Crippen molar-refractivity contribution in [3.05, 3.63) is 29.1 Å². The van der Waals surface area contributed by atoms with Gasteiger partial charge in [0.1, 0.15) is 17.2 Å². The first-order chi connectivity index (χ1) is 9.97. The molecule has 1 unspecified atom stereocenters. The van der Waals surface area contributed by atoms with E-state index in [9.17, 15) is 9.50 Å². The van der Waals surface area contributed by atoms with Crippen LogP contribution in [0.5, 0.6) is 5.75 Å². The maximum absolute atomic E-state index is 13.7. The number of aliphatic hydroxyl groups is 2. The van der Waals surface area contributed by atoms with Crippen LogP contribution in [0.1, 0.15) is 43.7 Å². The zero-order valence-corrected chi connectivity index (χ0v) is 12.4. The van der Waals surface area contributed by atoms with Gasteiger partial charge in [0.2, 0.25) is 0 Å². The number of rotatable bonds is 3. The van der Waals surface area contributed by atoms with E-state index in [4.69, 9.17) is 9.84 Å². The summed E-state index contributed by atoms with van der Waals surface area (Å²) in [5.41, 5.74) is -0.529. The molecule has 0 amide bonds. The van der Waals surface area contributed by atoms with Crippen molar-refractivity contribution in [3.63, 3.8) is 0 Å². The lowest BCUT2D eigenvalue weighted by molar-refractivity contribution is 0.0589. The van der Waals surface area contributed by atoms with Gasteiger partial charge in [-0.15, -0.1) is 0 Å². The summed E-state index contributed by atoms with van der Waals surface area (Å²) in [7, 11) is 1.47. The van der Waals surface area contributed by atoms with Crippen LogP contribution < -0.4 is 4.74 Å². The van der Waals surface area contributed by atoms with Gasteiger partial charge in [-0.1, -0.05) is 24.7 Å². The van der Waals surface area contributed by atoms with Crippen molar-refractivity contribution < 1.29 is 19.3 Å². The summed E-state index contributed by atoms with van der Waals surface area (Å²) in [6.45, 7) is 1.32. The number of hydrogen-bond acceptors (Lipinski definition) is 3. The Kier molecular flexibility index (Phi) is 4.87. The van der Waals surface area contributed by atoms with Crippen LogP contribution in [-0.4, -0.2) is 22.9 Å². The third-order valence-electron chi connectivity index (χ3n) is 4.14. The molecule has 1 aromatic rings. The predicted molar refractivity (Wildman–Crippen MR) is 78.3 cm³/mol. The minimum absolute atomic E-state index is 0.164. The van der Waals surface area contributed by atoms with Gasteiger partial charge in [-0.3, -0.25) is 0 Å². The number of methoxy groups -OCH3 is 1. The smallest absolute Gasteiger partial charge is 0.135 e. The van der Waals surface area contributed by atoms with E-state index in [1.54, 1.807) is 6.92 Å². The highest BCUT2D eigenvalue weighted by molar-refractivity contribution is 5.49. The molecule has 1 saturated carbocycles. The van der Waals surface area contributed by atoms with E-state index < -0.39 is 18.0 Å². The van der Waals surface area contributed by atoms with Crippen LogP contribution in [0.15, 0.2) is 12.1 Å². The van der Waals surface area contributed by atoms with Gasteiger partial charge in [0.15, 0.2) is 0 Å². The average Bonchev–Trinajstić information content (AvgIpc) is 3.00. The molecule has 0 spiro atoms. The molecule has 1 atom stereocenters. The molecule has 0 radical (unpaired) electrons. The zero-order valence-electron chi connectivity index (χ0n) is 12.4. The van der Waals surface area contributed by atoms with Gasteiger partial charge in [0.05, 0.1) is 19.3 Å². The molecule has 0 bridgehead atoms. The lowest BCUT2D eigenvalue weighted by Crippen LogP contribution is -2.30. The van der Waals surface area contributed by atoms with Crippen molar-refractivity contribution in [2.24, 2.45) is 5.92 Å². The quantitative estimate of drug-likeness (QED) is 0.842. The summed E-state index contributed by atoms with van der Waals surface area (Å²) in [6.07, 6.45) is 4.17. The minimum Gasteiger partial charge on any atom is -0.495 e. The second kappa shape index (κ2) is 6.46. The number of halogens is 1. The normalized spacial score (nSPS) is 18.0. The van der Waals surface area contributed by atoms with Crippen LogP contribution in [0.4, 0.5) is 4.39 Å². The van der Waals surface area contributed by atoms with Crippen molar-refractivity contribution in [1.82, 2.24) is 0 Å². The van der Waals surface area contributed by atoms with Crippen molar-refractivity contribution in [1.29, 1.82) is 0 Å². The Balaban J connectivity index is 2.31. The van der Waals surface area contributed by atoms with Crippen molar-refractivity contribution in [2.75, 3.05) is 7.11 Å². The Labute approximate surface area is 124 Å². The molecule has 0 aliphatic heterocycles. The molecule has 1 aliphatic carbocycles. The second-order valence-corrected chi connectivity index (χ2v) is 5.68. The van der Waals surface area contributed by atoms with Crippen LogP contribution in [0.3, 0.4) is 0 Å². The monoisotopic (exact) mass is 292 g/mol. The van der Waals surface area contributed by atoms with E-state index in [2.05, 4.69) is 11.8 Å². The highest BCUT2D eigenvalue weighted by Crippen LogP contribution is 2.33. The Bertz CT molecular complexity index is 563. The molecular weight excluding hydrogens is 271 g/mol. The largest absolute Gasteiger partial charge is 0.495 e. The average molecular weight is 292 g/mol. The first kappa shape index (κ1) is 15.8. The Morgan fingerprint density at radius 2 is 2.05 bits per heavy atom. The molecule has 2 rings (SSSR count). The SMILES string of the molecule is COc1cc(CO)c(F)cc1C#CC(C)(O)C1CCCC1. The summed E-state index contributed by atoms with van der Waals surface area (Å²) in [6, 6.07) is 2.67. The highest BCUT2D eigenvalue weighted by Gasteiger charge is 2.32. The fourth-order valence-corrected chi connectivity index (χ4v) is 2.77. The second-order valence-electron chi connectivity index (χ2n) is 5.68. The fourth-order valence-electron chi connectivity index (χ4n) is 2.77. The van der Waals surface area contributed by atoms with Gasteiger partial charge in [-0.25, -0.2) is 4.39 Å². The first-order valence-electron chi connectivity index (χ1n) is 7.20. The molecule has 0 heterocycles. The number of benzene rings is 1. The lowest BCUT2D eigenvalue weighted by atomic mass is 9.88.